The zero-order valence-corrected chi connectivity index (χ0v) is 13.4. The second-order valence-corrected chi connectivity index (χ2v) is 6.60. The Labute approximate surface area is 129 Å². The van der Waals surface area contributed by atoms with E-state index in [1.54, 1.807) is 11.3 Å². The van der Waals surface area contributed by atoms with Crippen molar-refractivity contribution < 1.29 is 9.53 Å². The number of ether oxygens (including phenoxy) is 1. The number of hydrogen-bond acceptors (Lipinski definition) is 4. The van der Waals surface area contributed by atoms with Crippen molar-refractivity contribution in [3.8, 4) is 0 Å². The number of rotatable bonds is 5. The van der Waals surface area contributed by atoms with Gasteiger partial charge in [-0.2, -0.15) is 11.3 Å². The Balaban J connectivity index is 1.81. The number of thiophene rings is 1. The third-order valence-corrected chi connectivity index (χ3v) is 3.51. The van der Waals surface area contributed by atoms with Crippen molar-refractivity contribution in [1.29, 1.82) is 0 Å². The van der Waals surface area contributed by atoms with Crippen LogP contribution in [0.5, 0.6) is 0 Å². The summed E-state index contributed by atoms with van der Waals surface area (Å²) in [6.07, 6.45) is 4.00. The van der Waals surface area contributed by atoms with Gasteiger partial charge < -0.3 is 14.6 Å². The molecule has 2 heterocycles. The highest BCUT2D eigenvalue weighted by atomic mass is 32.1. The topological polar surface area (TPSA) is 56.1 Å². The third kappa shape index (κ3) is 5.23. The van der Waals surface area contributed by atoms with Gasteiger partial charge in [0.1, 0.15) is 5.60 Å². The van der Waals surface area contributed by atoms with Crippen LogP contribution < -0.4 is 5.32 Å². The second kappa shape index (κ2) is 6.76. The van der Waals surface area contributed by atoms with Crippen LogP contribution in [-0.4, -0.2) is 27.8 Å². The number of nitrogens with one attached hydrogen (secondary N) is 1. The van der Waals surface area contributed by atoms with Crippen LogP contribution in [0.25, 0.3) is 0 Å². The molecule has 21 heavy (non-hydrogen) atoms. The Kier molecular flexibility index (Phi) is 5.01. The van der Waals surface area contributed by atoms with Crippen molar-refractivity contribution in [2.45, 2.75) is 39.3 Å². The Morgan fingerprint density at radius 3 is 2.95 bits per heavy atom. The minimum absolute atomic E-state index is 0.383. The molecule has 6 heteroatoms. The quantitative estimate of drug-likeness (QED) is 0.923. The monoisotopic (exact) mass is 307 g/mol. The molecule has 0 aliphatic heterocycles. The Morgan fingerprint density at radius 2 is 2.29 bits per heavy atom. The maximum Gasteiger partial charge on any atom is 0.407 e. The number of nitrogens with zero attached hydrogens (tertiary/aromatic N) is 2. The van der Waals surface area contributed by atoms with Gasteiger partial charge in [-0.25, -0.2) is 9.78 Å². The fourth-order valence-corrected chi connectivity index (χ4v) is 2.54. The fraction of sp³-hybridized carbons (Fsp3) is 0.467. The van der Waals surface area contributed by atoms with Crippen LogP contribution in [0.2, 0.25) is 0 Å². The van der Waals surface area contributed by atoms with Gasteiger partial charge in [-0.1, -0.05) is 0 Å². The number of hydrogen-bond donors (Lipinski definition) is 1. The van der Waals surface area contributed by atoms with Crippen LogP contribution in [0.4, 0.5) is 4.79 Å². The predicted molar refractivity (Wildman–Crippen MR) is 83.6 cm³/mol. The first-order chi connectivity index (χ1) is 9.94. The number of amides is 1. The Bertz CT molecular complexity index is 570. The zero-order valence-electron chi connectivity index (χ0n) is 12.6. The van der Waals surface area contributed by atoms with E-state index < -0.39 is 5.60 Å². The second-order valence-electron chi connectivity index (χ2n) is 5.82. The highest BCUT2D eigenvalue weighted by Crippen LogP contribution is 2.10. The van der Waals surface area contributed by atoms with Crippen LogP contribution in [-0.2, 0) is 17.7 Å². The first-order valence-corrected chi connectivity index (χ1v) is 7.85. The highest BCUT2D eigenvalue weighted by Gasteiger charge is 2.15. The van der Waals surface area contributed by atoms with Gasteiger partial charge in [-0.15, -0.1) is 0 Å². The van der Waals surface area contributed by atoms with E-state index in [9.17, 15) is 4.79 Å². The lowest BCUT2D eigenvalue weighted by molar-refractivity contribution is 0.0528. The molecule has 0 aromatic carbocycles. The van der Waals surface area contributed by atoms with Crippen molar-refractivity contribution in [3.05, 3.63) is 40.6 Å². The molecule has 2 aromatic rings. The van der Waals surface area contributed by atoms with Gasteiger partial charge in [-0.3, -0.25) is 0 Å². The lowest BCUT2D eigenvalue weighted by atomic mass is 10.2. The Hall–Kier alpha value is -1.82. The molecule has 0 saturated heterocycles. The molecule has 0 aliphatic rings. The number of carbonyl (C=O) groups is 1. The molecule has 1 N–H and O–H groups in total. The SMILES string of the molecule is CC(C)(C)OC(=O)NCCc1cncn1Cc1ccsc1. The van der Waals surface area contributed by atoms with Crippen molar-refractivity contribution in [3.63, 3.8) is 0 Å². The molecule has 0 aliphatic carbocycles. The lowest BCUT2D eigenvalue weighted by Crippen LogP contribution is -2.33. The molecule has 0 bridgehead atoms. The maximum absolute atomic E-state index is 11.6. The maximum atomic E-state index is 11.6. The largest absolute Gasteiger partial charge is 0.444 e. The van der Waals surface area contributed by atoms with Gasteiger partial charge in [0.15, 0.2) is 0 Å². The summed E-state index contributed by atoms with van der Waals surface area (Å²) in [7, 11) is 0. The van der Waals surface area contributed by atoms with Crippen LogP contribution in [0.15, 0.2) is 29.4 Å². The highest BCUT2D eigenvalue weighted by molar-refractivity contribution is 7.07. The molecule has 0 saturated carbocycles. The smallest absolute Gasteiger partial charge is 0.407 e. The van der Waals surface area contributed by atoms with Crippen molar-refractivity contribution >= 4 is 17.4 Å². The predicted octanol–water partition coefficient (Wildman–Crippen LogP) is 3.06. The summed E-state index contributed by atoms with van der Waals surface area (Å²) >= 11 is 1.69. The van der Waals surface area contributed by atoms with Gasteiger partial charge in [-0.05, 0) is 43.2 Å². The van der Waals surface area contributed by atoms with Crippen molar-refractivity contribution in [2.75, 3.05) is 6.54 Å². The van der Waals surface area contributed by atoms with E-state index in [1.165, 1.54) is 5.56 Å². The van der Waals surface area contributed by atoms with E-state index in [4.69, 9.17) is 4.74 Å². The van der Waals surface area contributed by atoms with Gasteiger partial charge in [0.2, 0.25) is 0 Å². The summed E-state index contributed by atoms with van der Waals surface area (Å²) in [5.74, 6) is 0. The first kappa shape index (κ1) is 15.6. The van der Waals surface area contributed by atoms with Crippen LogP contribution in [0, 0.1) is 0 Å². The van der Waals surface area contributed by atoms with E-state index in [0.29, 0.717) is 6.54 Å². The van der Waals surface area contributed by atoms with Crippen molar-refractivity contribution in [1.82, 2.24) is 14.9 Å². The van der Waals surface area contributed by atoms with Crippen LogP contribution >= 0.6 is 11.3 Å². The summed E-state index contributed by atoms with van der Waals surface area (Å²) in [4.78, 5) is 15.8. The standard InChI is InChI=1S/C15H21N3O2S/c1-15(2,3)20-14(19)17-6-4-13-8-16-11-18(13)9-12-5-7-21-10-12/h5,7-8,10-11H,4,6,9H2,1-3H3,(H,17,19). The molecule has 5 nitrogen and oxygen atoms in total. The summed E-state index contributed by atoms with van der Waals surface area (Å²) in [6, 6.07) is 2.10. The molecule has 0 radical (unpaired) electrons. The minimum atomic E-state index is -0.467. The molecule has 0 atom stereocenters. The molecule has 0 unspecified atom stereocenters. The summed E-state index contributed by atoms with van der Waals surface area (Å²) in [5.41, 5.74) is 1.89. The first-order valence-electron chi connectivity index (χ1n) is 6.91. The summed E-state index contributed by atoms with van der Waals surface area (Å²) in [6.45, 7) is 6.89. The summed E-state index contributed by atoms with van der Waals surface area (Å²) in [5, 5.41) is 6.96. The normalized spacial score (nSPS) is 11.4. The lowest BCUT2D eigenvalue weighted by Gasteiger charge is -2.19. The minimum Gasteiger partial charge on any atom is -0.444 e. The average molecular weight is 307 g/mol. The van der Waals surface area contributed by atoms with Crippen molar-refractivity contribution in [2.24, 2.45) is 0 Å². The molecule has 0 spiro atoms. The molecule has 114 valence electrons. The molecule has 2 aromatic heterocycles. The number of alkyl carbamates (subject to hydrolysis) is 1. The van der Waals surface area contributed by atoms with Crippen LogP contribution in [0.3, 0.4) is 0 Å². The number of carbonyl (C=O) groups excluding carboxylic acids is 1. The van der Waals surface area contributed by atoms with Gasteiger partial charge in [0.25, 0.3) is 0 Å². The zero-order chi connectivity index (χ0) is 15.3. The molecule has 2 rings (SSSR count). The fourth-order valence-electron chi connectivity index (χ4n) is 1.88. The van der Waals surface area contributed by atoms with E-state index in [0.717, 1.165) is 18.7 Å². The number of imidazole rings is 1. The van der Waals surface area contributed by atoms with E-state index in [-0.39, 0.29) is 6.09 Å². The van der Waals surface area contributed by atoms with Gasteiger partial charge in [0, 0.05) is 31.4 Å². The molecule has 1 amide bonds. The van der Waals surface area contributed by atoms with E-state index in [2.05, 4.69) is 31.7 Å². The Morgan fingerprint density at radius 1 is 1.48 bits per heavy atom. The molecular weight excluding hydrogens is 286 g/mol. The average Bonchev–Trinajstić information content (AvgIpc) is 3.00. The van der Waals surface area contributed by atoms with Gasteiger partial charge >= 0.3 is 6.09 Å². The summed E-state index contributed by atoms with van der Waals surface area (Å²) < 4.78 is 7.30. The van der Waals surface area contributed by atoms with Gasteiger partial charge in [0.05, 0.1) is 6.33 Å². The van der Waals surface area contributed by atoms with Crippen LogP contribution in [0.1, 0.15) is 32.0 Å². The number of aromatic nitrogens is 2. The van der Waals surface area contributed by atoms with E-state index >= 15 is 0 Å². The third-order valence-electron chi connectivity index (χ3n) is 2.78. The van der Waals surface area contributed by atoms with E-state index in [1.807, 2.05) is 33.3 Å². The molecule has 0 fully saturated rings. The molecular formula is C15H21N3O2S.